The Hall–Kier alpha value is -4.94. The van der Waals surface area contributed by atoms with Crippen molar-refractivity contribution in [3.05, 3.63) is 117 Å². The van der Waals surface area contributed by atoms with Gasteiger partial charge in [0.1, 0.15) is 5.52 Å². The highest BCUT2D eigenvalue weighted by atomic mass is 79.9. The number of anilines is 1. The molecule has 0 atom stereocenters. The van der Waals surface area contributed by atoms with E-state index < -0.39 is 11.9 Å². The minimum Gasteiger partial charge on any atom is -0.419 e. The molecule has 0 aliphatic carbocycles. The van der Waals surface area contributed by atoms with E-state index in [1.54, 1.807) is 54.6 Å². The molecule has 0 saturated heterocycles. The Labute approximate surface area is 255 Å². The SMILES string of the molecule is O=C(Oc1ccc(/C=N/Nc2nnc3c(n2)[nH]c2ccccc23)cc1OC(=O)c1ccc(Br)cc1)c1ccc(Br)cc1. The Balaban J connectivity index is 1.24. The fourth-order valence-electron chi connectivity index (χ4n) is 3.99. The second kappa shape index (κ2) is 11.9. The topological polar surface area (TPSA) is 131 Å². The zero-order chi connectivity index (χ0) is 29.1. The van der Waals surface area contributed by atoms with E-state index in [4.69, 9.17) is 9.47 Å². The van der Waals surface area contributed by atoms with Gasteiger partial charge in [-0.3, -0.25) is 0 Å². The lowest BCUT2D eigenvalue weighted by molar-refractivity contribution is 0.0682. The summed E-state index contributed by atoms with van der Waals surface area (Å²) in [4.78, 5) is 33.3. The van der Waals surface area contributed by atoms with Gasteiger partial charge in [-0.05, 0) is 78.4 Å². The van der Waals surface area contributed by atoms with Crippen LogP contribution in [-0.4, -0.2) is 38.3 Å². The summed E-state index contributed by atoms with van der Waals surface area (Å²) in [6, 6.07) is 25.8. The molecule has 12 heteroatoms. The first-order valence-corrected chi connectivity index (χ1v) is 14.0. The van der Waals surface area contributed by atoms with E-state index in [-0.39, 0.29) is 17.4 Å². The molecular weight excluding hydrogens is 668 g/mol. The number of fused-ring (bicyclic) bond motifs is 3. The van der Waals surface area contributed by atoms with Gasteiger partial charge in [-0.1, -0.05) is 50.1 Å². The number of aromatic amines is 1. The predicted octanol–water partition coefficient (Wildman–Crippen LogP) is 6.92. The van der Waals surface area contributed by atoms with E-state index in [1.807, 2.05) is 24.3 Å². The number of nitrogens with one attached hydrogen (secondary N) is 2. The largest absolute Gasteiger partial charge is 0.419 e. The lowest BCUT2D eigenvalue weighted by Gasteiger charge is -2.12. The lowest BCUT2D eigenvalue weighted by Crippen LogP contribution is -2.13. The van der Waals surface area contributed by atoms with E-state index >= 15 is 0 Å². The average Bonchev–Trinajstić information content (AvgIpc) is 3.37. The van der Waals surface area contributed by atoms with Crippen molar-refractivity contribution >= 4 is 78.0 Å². The molecule has 42 heavy (non-hydrogen) atoms. The van der Waals surface area contributed by atoms with Crippen LogP contribution in [0.5, 0.6) is 11.5 Å². The molecule has 0 unspecified atom stereocenters. The number of hydrogen-bond acceptors (Lipinski definition) is 9. The normalized spacial score (nSPS) is 11.2. The first-order valence-electron chi connectivity index (χ1n) is 12.4. The molecule has 6 rings (SSSR count). The zero-order valence-electron chi connectivity index (χ0n) is 21.4. The second-order valence-corrected chi connectivity index (χ2v) is 10.7. The highest BCUT2D eigenvalue weighted by Crippen LogP contribution is 2.30. The van der Waals surface area contributed by atoms with Crippen LogP contribution >= 0.6 is 31.9 Å². The van der Waals surface area contributed by atoms with Crippen molar-refractivity contribution < 1.29 is 19.1 Å². The maximum Gasteiger partial charge on any atom is 0.343 e. The number of carbonyl (C=O) groups is 2. The summed E-state index contributed by atoms with van der Waals surface area (Å²) in [5, 5.41) is 13.5. The number of halogens is 2. The number of esters is 2. The standard InChI is InChI=1S/C30H18Br2N6O4/c31-20-10-6-18(7-11-20)28(39)41-24-14-5-17(15-25(24)42-29(40)19-8-12-21(32)13-9-19)16-33-37-30-35-27-26(36-38-30)22-3-1-2-4-23(22)34-27/h1-16H,(H2,34,35,37,38)/b33-16+. The molecule has 0 bridgehead atoms. The average molecular weight is 686 g/mol. The highest BCUT2D eigenvalue weighted by Gasteiger charge is 2.17. The quantitative estimate of drug-likeness (QED) is 0.0802. The van der Waals surface area contributed by atoms with Crippen LogP contribution in [0.25, 0.3) is 22.1 Å². The lowest BCUT2D eigenvalue weighted by atomic mass is 10.2. The van der Waals surface area contributed by atoms with Crippen molar-refractivity contribution in [2.75, 3.05) is 5.43 Å². The molecule has 0 amide bonds. The fraction of sp³-hybridized carbons (Fsp3) is 0. The first kappa shape index (κ1) is 27.2. The molecule has 10 nitrogen and oxygen atoms in total. The van der Waals surface area contributed by atoms with Crippen LogP contribution < -0.4 is 14.9 Å². The number of nitrogens with zero attached hydrogens (tertiary/aromatic N) is 4. The third-order valence-electron chi connectivity index (χ3n) is 6.03. The number of carbonyl (C=O) groups excluding carboxylic acids is 2. The highest BCUT2D eigenvalue weighted by molar-refractivity contribution is 9.10. The number of aromatic nitrogens is 4. The second-order valence-electron chi connectivity index (χ2n) is 8.87. The van der Waals surface area contributed by atoms with Gasteiger partial charge < -0.3 is 14.5 Å². The summed E-state index contributed by atoms with van der Waals surface area (Å²) in [6.07, 6.45) is 1.48. The van der Waals surface area contributed by atoms with E-state index in [9.17, 15) is 9.59 Å². The van der Waals surface area contributed by atoms with E-state index in [0.29, 0.717) is 27.9 Å². The molecule has 4 aromatic carbocycles. The van der Waals surface area contributed by atoms with Gasteiger partial charge in [0.2, 0.25) is 0 Å². The number of hydrogen-bond donors (Lipinski definition) is 2. The Morgan fingerprint density at radius 3 is 2.12 bits per heavy atom. The van der Waals surface area contributed by atoms with Crippen molar-refractivity contribution in [3.63, 3.8) is 0 Å². The molecule has 0 aliphatic rings. The van der Waals surface area contributed by atoms with Crippen LogP contribution in [0, 0.1) is 0 Å². The van der Waals surface area contributed by atoms with Gasteiger partial charge in [-0.2, -0.15) is 10.1 Å². The molecule has 2 N–H and O–H groups in total. The van der Waals surface area contributed by atoms with Crippen LogP contribution in [0.1, 0.15) is 26.3 Å². The van der Waals surface area contributed by atoms with E-state index in [0.717, 1.165) is 19.8 Å². The van der Waals surface area contributed by atoms with E-state index in [1.165, 1.54) is 18.3 Å². The summed E-state index contributed by atoms with van der Waals surface area (Å²) in [7, 11) is 0. The Bertz CT molecular complexity index is 1980. The molecule has 0 saturated carbocycles. The number of H-pyrrole nitrogens is 1. The summed E-state index contributed by atoms with van der Waals surface area (Å²) in [5.74, 6) is -0.942. The zero-order valence-corrected chi connectivity index (χ0v) is 24.6. The number of rotatable bonds is 7. The minimum absolute atomic E-state index is 0.0368. The van der Waals surface area contributed by atoms with Gasteiger partial charge in [0.25, 0.3) is 5.95 Å². The van der Waals surface area contributed by atoms with Gasteiger partial charge in [0.05, 0.1) is 17.3 Å². The van der Waals surface area contributed by atoms with Crippen molar-refractivity contribution in [3.8, 4) is 11.5 Å². The molecule has 0 spiro atoms. The van der Waals surface area contributed by atoms with E-state index in [2.05, 4.69) is 62.6 Å². The van der Waals surface area contributed by atoms with Crippen molar-refractivity contribution in [1.29, 1.82) is 0 Å². The van der Waals surface area contributed by atoms with Crippen LogP contribution in [0.3, 0.4) is 0 Å². The van der Waals surface area contributed by atoms with Gasteiger partial charge in [0, 0.05) is 19.8 Å². The number of benzene rings is 4. The van der Waals surface area contributed by atoms with Gasteiger partial charge >= 0.3 is 11.9 Å². The Morgan fingerprint density at radius 1 is 0.786 bits per heavy atom. The molecule has 206 valence electrons. The predicted molar refractivity (Wildman–Crippen MR) is 165 cm³/mol. The molecular formula is C30H18Br2N6O4. The molecule has 0 radical (unpaired) electrons. The third kappa shape index (κ3) is 6.04. The van der Waals surface area contributed by atoms with Crippen molar-refractivity contribution in [1.82, 2.24) is 20.2 Å². The molecule has 2 heterocycles. The molecule has 0 aliphatic heterocycles. The maximum absolute atomic E-state index is 12.9. The van der Waals surface area contributed by atoms with Crippen LogP contribution in [0.2, 0.25) is 0 Å². The van der Waals surface area contributed by atoms with Crippen LogP contribution in [0.15, 0.2) is 105 Å². The number of para-hydroxylation sites is 1. The number of hydrazone groups is 1. The van der Waals surface area contributed by atoms with Crippen LogP contribution in [0.4, 0.5) is 5.95 Å². The summed E-state index contributed by atoms with van der Waals surface area (Å²) >= 11 is 6.69. The minimum atomic E-state index is -0.623. The molecule has 6 aromatic rings. The summed E-state index contributed by atoms with van der Waals surface area (Å²) < 4.78 is 12.9. The fourth-order valence-corrected chi connectivity index (χ4v) is 4.52. The Kier molecular flexibility index (Phi) is 7.71. The monoisotopic (exact) mass is 684 g/mol. The van der Waals surface area contributed by atoms with Gasteiger partial charge in [-0.25, -0.2) is 15.0 Å². The van der Waals surface area contributed by atoms with Crippen molar-refractivity contribution in [2.45, 2.75) is 0 Å². The molecule has 0 fully saturated rings. The van der Waals surface area contributed by atoms with Gasteiger partial charge in [0.15, 0.2) is 17.1 Å². The molecule has 2 aromatic heterocycles. The first-order chi connectivity index (χ1) is 20.4. The maximum atomic E-state index is 12.9. The van der Waals surface area contributed by atoms with Crippen molar-refractivity contribution in [2.24, 2.45) is 5.10 Å². The smallest absolute Gasteiger partial charge is 0.343 e. The third-order valence-corrected chi connectivity index (χ3v) is 7.09. The summed E-state index contributed by atoms with van der Waals surface area (Å²) in [6.45, 7) is 0. The van der Waals surface area contributed by atoms with Crippen LogP contribution in [-0.2, 0) is 0 Å². The number of ether oxygens (including phenoxy) is 2. The van der Waals surface area contributed by atoms with Gasteiger partial charge in [-0.15, -0.1) is 10.2 Å². The summed E-state index contributed by atoms with van der Waals surface area (Å²) in [5.41, 5.74) is 6.09. The Morgan fingerprint density at radius 2 is 1.43 bits per heavy atom.